The van der Waals surface area contributed by atoms with Crippen LogP contribution in [0.3, 0.4) is 0 Å². The van der Waals surface area contributed by atoms with Gasteiger partial charge in [0.15, 0.2) is 0 Å². The zero-order valence-electron chi connectivity index (χ0n) is 26.2. The number of hydrogen-bond acceptors (Lipinski definition) is 0. The van der Waals surface area contributed by atoms with Gasteiger partial charge in [-0.1, -0.05) is 126 Å². The maximum absolute atomic E-state index is 3.35. The molecule has 0 saturated heterocycles. The zero-order valence-corrected chi connectivity index (χ0v) is 26.2. The first-order chi connectivity index (χ1) is 19.0. The molecule has 2 aromatic carbocycles. The molecule has 0 aliphatic carbocycles. The van der Waals surface area contributed by atoms with Crippen molar-refractivity contribution in [3.8, 4) is 11.8 Å². The monoisotopic (exact) mass is 526 g/mol. The third kappa shape index (κ3) is 10.6. The Balaban J connectivity index is 1.92. The van der Waals surface area contributed by atoms with E-state index in [-0.39, 0.29) is 0 Å². The van der Waals surface area contributed by atoms with E-state index in [1.54, 1.807) is 0 Å². The summed E-state index contributed by atoms with van der Waals surface area (Å²) in [5, 5.41) is 0. The molecule has 0 saturated carbocycles. The molecule has 0 nitrogen and oxygen atoms in total. The van der Waals surface area contributed by atoms with E-state index in [1.807, 2.05) is 0 Å². The largest absolute Gasteiger partial charge is 0.0664 e. The maximum atomic E-state index is 3.35. The number of hydrogen-bond donors (Lipinski definition) is 0. The highest BCUT2D eigenvalue weighted by Gasteiger charge is 2.02. The molecule has 206 valence electrons. The Labute approximate surface area is 244 Å². The lowest BCUT2D eigenvalue weighted by Gasteiger charge is -2.07. The van der Waals surface area contributed by atoms with Crippen LogP contribution in [0.2, 0.25) is 0 Å². The molecule has 0 aromatic heterocycles. The molecule has 0 heteroatoms. The molecular weight excluding hydrogens is 480 g/mol. The summed E-state index contributed by atoms with van der Waals surface area (Å²) in [7, 11) is 0. The normalized spacial score (nSPS) is 13.8. The number of benzene rings is 2. The fourth-order valence-corrected chi connectivity index (χ4v) is 4.00. The predicted molar refractivity (Wildman–Crippen MR) is 180 cm³/mol. The predicted octanol–water partition coefficient (Wildman–Crippen LogP) is 11.1. The third-order valence-electron chi connectivity index (χ3n) is 7.21. The quantitative estimate of drug-likeness (QED) is 0.237. The summed E-state index contributed by atoms with van der Waals surface area (Å²) in [6.07, 6.45) is 25.4. The van der Waals surface area contributed by atoms with Gasteiger partial charge in [0.05, 0.1) is 0 Å². The van der Waals surface area contributed by atoms with Crippen molar-refractivity contribution < 1.29 is 0 Å². The van der Waals surface area contributed by atoms with Gasteiger partial charge in [0, 0.05) is 5.56 Å². The van der Waals surface area contributed by atoms with Gasteiger partial charge in [0.1, 0.15) is 0 Å². The van der Waals surface area contributed by atoms with Crippen LogP contribution in [0.5, 0.6) is 0 Å². The molecule has 0 heterocycles. The maximum Gasteiger partial charge on any atom is 0.0309 e. The first-order valence-electron chi connectivity index (χ1n) is 14.0. The summed E-state index contributed by atoms with van der Waals surface area (Å²) in [6.45, 7) is 21.3. The van der Waals surface area contributed by atoms with Crippen LogP contribution in [-0.4, -0.2) is 0 Å². The summed E-state index contributed by atoms with van der Waals surface area (Å²) in [5.74, 6) is 6.65. The molecule has 0 fully saturated rings. The van der Waals surface area contributed by atoms with Crippen LogP contribution in [0.25, 0.3) is 6.08 Å². The Kier molecular flexibility index (Phi) is 13.0. The summed E-state index contributed by atoms with van der Waals surface area (Å²) in [6, 6.07) is 8.69. The molecule has 40 heavy (non-hydrogen) atoms. The zero-order chi connectivity index (χ0) is 29.7. The van der Waals surface area contributed by atoms with Crippen molar-refractivity contribution in [1.82, 2.24) is 0 Å². The van der Waals surface area contributed by atoms with Gasteiger partial charge in [-0.2, -0.15) is 0 Å². The minimum atomic E-state index is 1.05. The smallest absolute Gasteiger partial charge is 0.0309 e. The standard InChI is InChI=1S/C40H46/c1-29(17-13-19-31(3)21-26-39-27-25-33(5)36(8)38(39)10)15-11-12-16-30(2)18-14-20-32(4)22-28-40-35(7)24-23-34(6)37(40)9/h11-21,23-27H,1-10H3. The van der Waals surface area contributed by atoms with E-state index >= 15 is 0 Å². The Hall–Kier alpha value is -4.08. The topological polar surface area (TPSA) is 0 Å². The van der Waals surface area contributed by atoms with Crippen molar-refractivity contribution in [3.05, 3.63) is 158 Å². The van der Waals surface area contributed by atoms with Crippen LogP contribution in [0.15, 0.2) is 113 Å². The summed E-state index contributed by atoms with van der Waals surface area (Å²) in [5.41, 5.74) is 14.9. The van der Waals surface area contributed by atoms with E-state index in [9.17, 15) is 0 Å². The molecule has 0 radical (unpaired) electrons. The van der Waals surface area contributed by atoms with Crippen LogP contribution in [0, 0.1) is 53.4 Å². The lowest BCUT2D eigenvalue weighted by atomic mass is 9.98. The van der Waals surface area contributed by atoms with Gasteiger partial charge in [-0.3, -0.25) is 0 Å². The highest BCUT2D eigenvalue weighted by atomic mass is 14.1. The average Bonchev–Trinajstić information content (AvgIpc) is 2.91. The van der Waals surface area contributed by atoms with Crippen molar-refractivity contribution in [2.24, 2.45) is 0 Å². The Morgan fingerprint density at radius 2 is 1.02 bits per heavy atom. The Bertz CT molecular complexity index is 1510. The van der Waals surface area contributed by atoms with Gasteiger partial charge in [-0.05, 0) is 114 Å². The lowest BCUT2D eigenvalue weighted by Crippen LogP contribution is -1.91. The average molecular weight is 527 g/mol. The van der Waals surface area contributed by atoms with Gasteiger partial charge in [-0.25, -0.2) is 0 Å². The van der Waals surface area contributed by atoms with E-state index in [2.05, 4.69) is 178 Å². The molecule has 0 spiro atoms. The van der Waals surface area contributed by atoms with E-state index in [1.165, 1.54) is 55.7 Å². The molecule has 0 aliphatic heterocycles. The Morgan fingerprint density at radius 3 is 1.68 bits per heavy atom. The van der Waals surface area contributed by atoms with Gasteiger partial charge in [-0.15, -0.1) is 0 Å². The molecule has 2 rings (SSSR count). The van der Waals surface area contributed by atoms with Crippen LogP contribution < -0.4 is 0 Å². The first kappa shape index (κ1) is 32.1. The number of allylic oxidation sites excluding steroid dienone is 15. The first-order valence-corrected chi connectivity index (χ1v) is 14.0. The Morgan fingerprint density at radius 1 is 0.525 bits per heavy atom. The minimum absolute atomic E-state index is 1.05. The van der Waals surface area contributed by atoms with Crippen molar-refractivity contribution in [2.75, 3.05) is 0 Å². The van der Waals surface area contributed by atoms with Crippen LogP contribution >= 0.6 is 0 Å². The molecule has 0 bridgehead atoms. The molecule has 0 atom stereocenters. The molecule has 0 amide bonds. The second-order valence-corrected chi connectivity index (χ2v) is 10.7. The minimum Gasteiger partial charge on any atom is -0.0664 e. The highest BCUT2D eigenvalue weighted by molar-refractivity contribution is 5.59. The summed E-state index contributed by atoms with van der Waals surface area (Å²) in [4.78, 5) is 0. The van der Waals surface area contributed by atoms with Crippen molar-refractivity contribution >= 4 is 6.08 Å². The fourth-order valence-electron chi connectivity index (χ4n) is 4.00. The van der Waals surface area contributed by atoms with Gasteiger partial charge < -0.3 is 0 Å². The highest BCUT2D eigenvalue weighted by Crippen LogP contribution is 2.19. The van der Waals surface area contributed by atoms with E-state index in [0.717, 1.165) is 11.1 Å². The molecule has 2 aromatic rings. The fraction of sp³-hybridized carbons (Fsp3) is 0.250. The van der Waals surface area contributed by atoms with Crippen molar-refractivity contribution in [1.29, 1.82) is 0 Å². The van der Waals surface area contributed by atoms with Crippen LogP contribution in [0.4, 0.5) is 0 Å². The summed E-state index contributed by atoms with van der Waals surface area (Å²) < 4.78 is 0. The lowest BCUT2D eigenvalue weighted by molar-refractivity contribution is 1.26. The number of rotatable bonds is 8. The SMILES string of the molecule is CC(C#Cc1c(C)ccc(C)c1C)=CC=CC(C)=CC=CC=C(C)C=CC=C(C)C=Cc1ccc(C)c(C)c1C. The van der Waals surface area contributed by atoms with Gasteiger partial charge >= 0.3 is 0 Å². The van der Waals surface area contributed by atoms with Gasteiger partial charge in [0.25, 0.3) is 0 Å². The third-order valence-corrected chi connectivity index (χ3v) is 7.21. The number of aryl methyl sites for hydroxylation is 3. The van der Waals surface area contributed by atoms with Crippen molar-refractivity contribution in [3.63, 3.8) is 0 Å². The molecule has 0 N–H and O–H groups in total. The van der Waals surface area contributed by atoms with E-state index in [0.29, 0.717) is 0 Å². The molecule has 0 aliphatic rings. The van der Waals surface area contributed by atoms with Gasteiger partial charge in [0.2, 0.25) is 0 Å². The van der Waals surface area contributed by atoms with Crippen molar-refractivity contribution in [2.45, 2.75) is 69.2 Å². The molecular formula is C40H46. The second kappa shape index (κ2) is 16.1. The van der Waals surface area contributed by atoms with E-state index < -0.39 is 0 Å². The summed E-state index contributed by atoms with van der Waals surface area (Å²) >= 11 is 0. The molecule has 0 unspecified atom stereocenters. The van der Waals surface area contributed by atoms with E-state index in [4.69, 9.17) is 0 Å². The van der Waals surface area contributed by atoms with Crippen LogP contribution in [-0.2, 0) is 0 Å². The van der Waals surface area contributed by atoms with Crippen LogP contribution in [0.1, 0.15) is 72.2 Å². The second-order valence-electron chi connectivity index (χ2n) is 10.7.